The Labute approximate surface area is 158 Å². The molecule has 0 unspecified atom stereocenters. The van der Waals surface area contributed by atoms with E-state index in [2.05, 4.69) is 25.4 Å². The summed E-state index contributed by atoms with van der Waals surface area (Å²) in [6.07, 6.45) is 0. The van der Waals surface area contributed by atoms with Gasteiger partial charge in [0.1, 0.15) is 18.8 Å². The van der Waals surface area contributed by atoms with Crippen molar-refractivity contribution in [3.8, 4) is 5.75 Å². The number of nitrogens with zero attached hydrogens (tertiary/aromatic N) is 1. The molecule has 0 aliphatic carbocycles. The quantitative estimate of drug-likeness (QED) is 0.634. The van der Waals surface area contributed by atoms with Crippen molar-refractivity contribution in [2.24, 2.45) is 0 Å². The number of benzene rings is 2. The van der Waals surface area contributed by atoms with E-state index in [1.165, 1.54) is 14.2 Å². The minimum absolute atomic E-state index is 0.323. The van der Waals surface area contributed by atoms with E-state index >= 15 is 0 Å². The van der Waals surface area contributed by atoms with Crippen LogP contribution in [0, 0.1) is 0 Å². The number of fused-ring (bicyclic) bond motifs is 1. The fourth-order valence-corrected chi connectivity index (χ4v) is 2.57. The number of esters is 2. The number of carbonyl (C=O) groups is 3. The zero-order valence-electron chi connectivity index (χ0n) is 14.4. The number of ether oxygens (including phenoxy) is 3. The molecule has 0 spiro atoms. The van der Waals surface area contributed by atoms with Crippen molar-refractivity contribution in [3.05, 3.63) is 40.9 Å². The molecule has 0 aliphatic heterocycles. The number of halogens is 1. The van der Waals surface area contributed by atoms with Crippen molar-refractivity contribution < 1.29 is 28.6 Å². The molecule has 26 heavy (non-hydrogen) atoms. The highest BCUT2D eigenvalue weighted by Gasteiger charge is 2.21. The van der Waals surface area contributed by atoms with Crippen LogP contribution >= 0.6 is 15.9 Å². The molecule has 2 aromatic carbocycles. The summed E-state index contributed by atoms with van der Waals surface area (Å²) in [6, 6.07) is 11.2. The van der Waals surface area contributed by atoms with Crippen LogP contribution in [-0.2, 0) is 23.9 Å². The van der Waals surface area contributed by atoms with Gasteiger partial charge in [-0.3, -0.25) is 14.4 Å². The van der Waals surface area contributed by atoms with Crippen LogP contribution < -0.4 is 4.74 Å². The minimum atomic E-state index is -0.640. The van der Waals surface area contributed by atoms with Crippen LogP contribution in [0.15, 0.2) is 40.9 Å². The van der Waals surface area contributed by atoms with E-state index in [9.17, 15) is 14.4 Å². The lowest BCUT2D eigenvalue weighted by Crippen LogP contribution is -2.42. The molecule has 2 aromatic rings. The van der Waals surface area contributed by atoms with Gasteiger partial charge in [0.2, 0.25) is 0 Å². The van der Waals surface area contributed by atoms with Gasteiger partial charge < -0.3 is 19.1 Å². The fourth-order valence-electron chi connectivity index (χ4n) is 2.19. The van der Waals surface area contributed by atoms with Crippen LogP contribution in [0.4, 0.5) is 0 Å². The second kappa shape index (κ2) is 9.19. The Morgan fingerprint density at radius 3 is 2.12 bits per heavy atom. The van der Waals surface area contributed by atoms with Crippen molar-refractivity contribution in [1.82, 2.24) is 4.90 Å². The molecule has 138 valence electrons. The average molecular weight is 424 g/mol. The molecule has 0 saturated heterocycles. The maximum atomic E-state index is 12.3. The molecular weight excluding hydrogens is 406 g/mol. The van der Waals surface area contributed by atoms with E-state index in [1.807, 2.05) is 24.3 Å². The summed E-state index contributed by atoms with van der Waals surface area (Å²) < 4.78 is 15.6. The number of hydrogen-bond donors (Lipinski definition) is 0. The first-order chi connectivity index (χ1) is 12.4. The summed E-state index contributed by atoms with van der Waals surface area (Å²) in [7, 11) is 2.40. The Kier molecular flexibility index (Phi) is 6.97. The Balaban J connectivity index is 2.04. The average Bonchev–Trinajstić information content (AvgIpc) is 2.65. The third-order valence-corrected chi connectivity index (χ3v) is 4.08. The molecular formula is C18H18BrNO6. The van der Waals surface area contributed by atoms with Crippen LogP contribution in [0.3, 0.4) is 0 Å². The standard InChI is InChI=1S/C18H18BrNO6/c1-24-17(22)9-20(10-18(23)25-2)16(21)11-26-15-6-4-12-7-14(19)5-3-13(12)8-15/h3-8H,9-11H2,1-2H3. The SMILES string of the molecule is COC(=O)CN(CC(=O)OC)C(=O)COc1ccc2cc(Br)ccc2c1. The number of amides is 1. The van der Waals surface area contributed by atoms with Gasteiger partial charge in [-0.2, -0.15) is 0 Å². The van der Waals surface area contributed by atoms with Gasteiger partial charge in [-0.1, -0.05) is 28.1 Å². The number of rotatable bonds is 7. The summed E-state index contributed by atoms with van der Waals surface area (Å²) in [5, 5.41) is 1.98. The van der Waals surface area contributed by atoms with Gasteiger partial charge in [0.25, 0.3) is 5.91 Å². The minimum Gasteiger partial charge on any atom is -0.484 e. The summed E-state index contributed by atoms with van der Waals surface area (Å²) in [6.45, 7) is -1.05. The molecule has 0 aromatic heterocycles. The lowest BCUT2D eigenvalue weighted by Gasteiger charge is -2.20. The Morgan fingerprint density at radius 2 is 1.50 bits per heavy atom. The normalized spacial score (nSPS) is 10.3. The molecule has 0 bridgehead atoms. The predicted octanol–water partition coefficient (Wildman–Crippen LogP) is 2.16. The number of hydrogen-bond acceptors (Lipinski definition) is 6. The largest absolute Gasteiger partial charge is 0.484 e. The molecule has 0 radical (unpaired) electrons. The highest BCUT2D eigenvalue weighted by molar-refractivity contribution is 9.10. The smallest absolute Gasteiger partial charge is 0.325 e. The first-order valence-electron chi connectivity index (χ1n) is 7.66. The van der Waals surface area contributed by atoms with Crippen molar-refractivity contribution in [3.63, 3.8) is 0 Å². The van der Waals surface area contributed by atoms with E-state index in [4.69, 9.17) is 4.74 Å². The summed E-state index contributed by atoms with van der Waals surface area (Å²) >= 11 is 3.41. The van der Waals surface area contributed by atoms with Gasteiger partial charge >= 0.3 is 11.9 Å². The van der Waals surface area contributed by atoms with E-state index in [0.717, 1.165) is 20.1 Å². The third-order valence-electron chi connectivity index (χ3n) is 3.58. The maximum Gasteiger partial charge on any atom is 0.325 e. The molecule has 0 atom stereocenters. The second-order valence-corrected chi connectivity index (χ2v) is 6.26. The highest BCUT2D eigenvalue weighted by Crippen LogP contribution is 2.24. The van der Waals surface area contributed by atoms with Gasteiger partial charge in [0, 0.05) is 4.47 Å². The van der Waals surface area contributed by atoms with Crippen LogP contribution in [0.5, 0.6) is 5.75 Å². The number of methoxy groups -OCH3 is 2. The fraction of sp³-hybridized carbons (Fsp3) is 0.278. The first kappa shape index (κ1) is 19.7. The summed E-state index contributed by atoms with van der Waals surface area (Å²) in [4.78, 5) is 36.2. The van der Waals surface area contributed by atoms with Crippen LogP contribution in [-0.4, -0.2) is 56.7 Å². The third kappa shape index (κ3) is 5.45. The van der Waals surface area contributed by atoms with Gasteiger partial charge in [0.15, 0.2) is 6.61 Å². The lowest BCUT2D eigenvalue weighted by molar-refractivity contribution is -0.152. The van der Waals surface area contributed by atoms with E-state index in [1.54, 1.807) is 12.1 Å². The maximum absolute atomic E-state index is 12.3. The predicted molar refractivity (Wildman–Crippen MR) is 97.8 cm³/mol. The van der Waals surface area contributed by atoms with Gasteiger partial charge in [0.05, 0.1) is 14.2 Å². The van der Waals surface area contributed by atoms with Crippen LogP contribution in [0.25, 0.3) is 10.8 Å². The molecule has 0 N–H and O–H groups in total. The van der Waals surface area contributed by atoms with Crippen LogP contribution in [0.1, 0.15) is 0 Å². The van der Waals surface area contributed by atoms with Crippen LogP contribution in [0.2, 0.25) is 0 Å². The molecule has 7 nitrogen and oxygen atoms in total. The van der Waals surface area contributed by atoms with Gasteiger partial charge in [-0.05, 0) is 35.0 Å². The molecule has 2 rings (SSSR count). The Hall–Kier alpha value is -2.61. The van der Waals surface area contributed by atoms with Crippen molar-refractivity contribution >= 4 is 44.5 Å². The molecule has 0 fully saturated rings. The topological polar surface area (TPSA) is 82.1 Å². The molecule has 0 aliphatic rings. The van der Waals surface area contributed by atoms with Gasteiger partial charge in [-0.25, -0.2) is 0 Å². The Bertz CT molecular complexity index is 804. The summed E-state index contributed by atoms with van der Waals surface area (Å²) in [5.74, 6) is -1.31. The summed E-state index contributed by atoms with van der Waals surface area (Å²) in [5.41, 5.74) is 0. The van der Waals surface area contributed by atoms with Gasteiger partial charge in [-0.15, -0.1) is 0 Å². The molecule has 1 amide bonds. The van der Waals surface area contributed by atoms with Crippen molar-refractivity contribution in [2.75, 3.05) is 33.9 Å². The monoisotopic (exact) mass is 423 g/mol. The van der Waals surface area contributed by atoms with E-state index < -0.39 is 17.8 Å². The second-order valence-electron chi connectivity index (χ2n) is 5.34. The zero-order valence-corrected chi connectivity index (χ0v) is 15.9. The molecule has 0 saturated carbocycles. The molecule has 0 heterocycles. The van der Waals surface area contributed by atoms with E-state index in [0.29, 0.717) is 5.75 Å². The van der Waals surface area contributed by atoms with E-state index in [-0.39, 0.29) is 19.7 Å². The highest BCUT2D eigenvalue weighted by atomic mass is 79.9. The lowest BCUT2D eigenvalue weighted by atomic mass is 10.1. The number of carbonyl (C=O) groups excluding carboxylic acids is 3. The van der Waals surface area contributed by atoms with Crippen molar-refractivity contribution in [1.29, 1.82) is 0 Å². The zero-order chi connectivity index (χ0) is 19.1. The molecule has 8 heteroatoms. The Morgan fingerprint density at radius 1 is 0.923 bits per heavy atom. The van der Waals surface area contributed by atoms with Crippen molar-refractivity contribution in [2.45, 2.75) is 0 Å². The first-order valence-corrected chi connectivity index (χ1v) is 8.45.